The lowest BCUT2D eigenvalue weighted by Gasteiger charge is -2.37. The molecule has 1 aromatic heterocycles. The third-order valence-electron chi connectivity index (χ3n) is 2.35. The van der Waals surface area contributed by atoms with Crippen molar-refractivity contribution in [1.82, 2.24) is 9.88 Å². The summed E-state index contributed by atoms with van der Waals surface area (Å²) in [5.41, 5.74) is 0.514. The average Bonchev–Trinajstić information content (AvgIpc) is 2.17. The summed E-state index contributed by atoms with van der Waals surface area (Å²) >= 11 is 5.67. The second kappa shape index (κ2) is 3.96. The van der Waals surface area contributed by atoms with Gasteiger partial charge in [0, 0.05) is 31.1 Å². The van der Waals surface area contributed by atoms with Crippen molar-refractivity contribution in [1.29, 1.82) is 0 Å². The SMILES string of the molecule is O=C(c1ccccn1)N1CC(CCl)C1. The molecule has 1 aliphatic heterocycles. The Morgan fingerprint density at radius 2 is 2.36 bits per heavy atom. The first-order valence-electron chi connectivity index (χ1n) is 4.57. The Morgan fingerprint density at radius 3 is 2.93 bits per heavy atom. The van der Waals surface area contributed by atoms with Gasteiger partial charge in [-0.15, -0.1) is 11.6 Å². The fraction of sp³-hybridized carbons (Fsp3) is 0.400. The fourth-order valence-electron chi connectivity index (χ4n) is 1.48. The second-order valence-electron chi connectivity index (χ2n) is 3.45. The molecule has 0 radical (unpaired) electrons. The highest BCUT2D eigenvalue weighted by atomic mass is 35.5. The summed E-state index contributed by atoms with van der Waals surface area (Å²) in [4.78, 5) is 17.5. The molecule has 0 aromatic carbocycles. The maximum Gasteiger partial charge on any atom is 0.272 e. The summed E-state index contributed by atoms with van der Waals surface area (Å²) in [5.74, 6) is 1.10. The number of hydrogen-bond donors (Lipinski definition) is 0. The summed E-state index contributed by atoms with van der Waals surface area (Å²) in [7, 11) is 0. The molecule has 14 heavy (non-hydrogen) atoms. The number of carbonyl (C=O) groups excluding carboxylic acids is 1. The number of likely N-dealkylation sites (tertiary alicyclic amines) is 1. The second-order valence-corrected chi connectivity index (χ2v) is 3.75. The molecule has 0 aliphatic carbocycles. The first-order chi connectivity index (χ1) is 6.81. The molecule has 0 saturated carbocycles. The molecule has 0 unspecified atom stereocenters. The van der Waals surface area contributed by atoms with Crippen molar-refractivity contribution < 1.29 is 4.79 Å². The van der Waals surface area contributed by atoms with E-state index in [2.05, 4.69) is 4.98 Å². The van der Waals surface area contributed by atoms with E-state index in [1.165, 1.54) is 0 Å². The van der Waals surface area contributed by atoms with Gasteiger partial charge in [0.1, 0.15) is 5.69 Å². The third kappa shape index (κ3) is 1.73. The van der Waals surface area contributed by atoms with E-state index in [1.54, 1.807) is 23.2 Å². The highest BCUT2D eigenvalue weighted by Gasteiger charge is 2.30. The Labute approximate surface area is 87.7 Å². The molecular formula is C10H11ClN2O. The van der Waals surface area contributed by atoms with Crippen molar-refractivity contribution in [3.63, 3.8) is 0 Å². The highest BCUT2D eigenvalue weighted by molar-refractivity contribution is 6.18. The molecular weight excluding hydrogens is 200 g/mol. The van der Waals surface area contributed by atoms with Crippen LogP contribution >= 0.6 is 11.6 Å². The van der Waals surface area contributed by atoms with Crippen LogP contribution in [0.4, 0.5) is 0 Å². The van der Waals surface area contributed by atoms with E-state index in [4.69, 9.17) is 11.6 Å². The van der Waals surface area contributed by atoms with Crippen molar-refractivity contribution in [2.75, 3.05) is 19.0 Å². The van der Waals surface area contributed by atoms with Gasteiger partial charge in [-0.05, 0) is 12.1 Å². The molecule has 1 amide bonds. The van der Waals surface area contributed by atoms with E-state index in [9.17, 15) is 4.79 Å². The normalized spacial score (nSPS) is 16.5. The third-order valence-corrected chi connectivity index (χ3v) is 2.78. The number of hydrogen-bond acceptors (Lipinski definition) is 2. The molecule has 4 heteroatoms. The van der Waals surface area contributed by atoms with Gasteiger partial charge in [0.2, 0.25) is 0 Å². The summed E-state index contributed by atoms with van der Waals surface area (Å²) in [6.45, 7) is 1.53. The van der Waals surface area contributed by atoms with Gasteiger partial charge in [-0.3, -0.25) is 9.78 Å². The van der Waals surface area contributed by atoms with Crippen LogP contribution in [0.1, 0.15) is 10.5 Å². The average molecular weight is 211 g/mol. The Bertz CT molecular complexity index is 322. The summed E-state index contributed by atoms with van der Waals surface area (Å²) < 4.78 is 0. The number of pyridine rings is 1. The lowest BCUT2D eigenvalue weighted by Crippen LogP contribution is -2.50. The van der Waals surface area contributed by atoms with Gasteiger partial charge in [-0.2, -0.15) is 0 Å². The minimum absolute atomic E-state index is 0.00645. The zero-order valence-corrected chi connectivity index (χ0v) is 8.44. The predicted molar refractivity (Wildman–Crippen MR) is 54.4 cm³/mol. The number of halogens is 1. The van der Waals surface area contributed by atoms with E-state index in [1.807, 2.05) is 6.07 Å². The van der Waals surface area contributed by atoms with Crippen LogP contribution in [0.25, 0.3) is 0 Å². The molecule has 1 saturated heterocycles. The molecule has 2 rings (SSSR count). The standard InChI is InChI=1S/C10H11ClN2O/c11-5-8-6-13(7-8)10(14)9-3-1-2-4-12-9/h1-4,8H,5-7H2. The largest absolute Gasteiger partial charge is 0.337 e. The molecule has 3 nitrogen and oxygen atoms in total. The van der Waals surface area contributed by atoms with Gasteiger partial charge in [0.25, 0.3) is 5.91 Å². The number of rotatable bonds is 2. The molecule has 0 spiro atoms. The van der Waals surface area contributed by atoms with E-state index < -0.39 is 0 Å². The fourth-order valence-corrected chi connectivity index (χ4v) is 1.68. The van der Waals surface area contributed by atoms with Gasteiger partial charge in [-0.25, -0.2) is 0 Å². The predicted octanol–water partition coefficient (Wildman–Crippen LogP) is 1.39. The molecule has 0 bridgehead atoms. The zero-order valence-electron chi connectivity index (χ0n) is 7.69. The van der Waals surface area contributed by atoms with E-state index in [0.29, 0.717) is 17.5 Å². The van der Waals surface area contributed by atoms with Gasteiger partial charge in [0.15, 0.2) is 0 Å². The summed E-state index contributed by atoms with van der Waals surface area (Å²) in [6.07, 6.45) is 1.63. The van der Waals surface area contributed by atoms with Crippen LogP contribution in [0.3, 0.4) is 0 Å². The van der Waals surface area contributed by atoms with Crippen LogP contribution in [0.5, 0.6) is 0 Å². The van der Waals surface area contributed by atoms with Crippen molar-refractivity contribution >= 4 is 17.5 Å². The number of carbonyl (C=O) groups is 1. The lowest BCUT2D eigenvalue weighted by atomic mass is 10.0. The Kier molecular flexibility index (Phi) is 2.68. The topological polar surface area (TPSA) is 33.2 Å². The van der Waals surface area contributed by atoms with E-state index >= 15 is 0 Å². The summed E-state index contributed by atoms with van der Waals surface area (Å²) in [5, 5.41) is 0. The smallest absolute Gasteiger partial charge is 0.272 e. The van der Waals surface area contributed by atoms with Gasteiger partial charge < -0.3 is 4.90 Å². The van der Waals surface area contributed by atoms with Crippen LogP contribution in [0, 0.1) is 5.92 Å². The van der Waals surface area contributed by atoms with Crippen molar-refractivity contribution in [2.24, 2.45) is 5.92 Å². The van der Waals surface area contributed by atoms with Gasteiger partial charge in [-0.1, -0.05) is 6.07 Å². The van der Waals surface area contributed by atoms with Crippen LogP contribution in [0.2, 0.25) is 0 Å². The monoisotopic (exact) mass is 210 g/mol. The molecule has 1 aliphatic rings. The first kappa shape index (κ1) is 9.46. The molecule has 74 valence electrons. The molecule has 1 fully saturated rings. The van der Waals surface area contributed by atoms with Crippen LogP contribution in [0.15, 0.2) is 24.4 Å². The van der Waals surface area contributed by atoms with E-state index in [-0.39, 0.29) is 5.91 Å². The van der Waals surface area contributed by atoms with Crippen LogP contribution < -0.4 is 0 Å². The molecule has 1 aromatic rings. The van der Waals surface area contributed by atoms with Crippen molar-refractivity contribution in [3.8, 4) is 0 Å². The van der Waals surface area contributed by atoms with Gasteiger partial charge >= 0.3 is 0 Å². The first-order valence-corrected chi connectivity index (χ1v) is 5.11. The molecule has 0 atom stereocenters. The number of alkyl halides is 1. The zero-order chi connectivity index (χ0) is 9.97. The maximum absolute atomic E-state index is 11.7. The van der Waals surface area contributed by atoms with Crippen molar-refractivity contribution in [3.05, 3.63) is 30.1 Å². The number of nitrogens with zero attached hydrogens (tertiary/aromatic N) is 2. The van der Waals surface area contributed by atoms with Crippen LogP contribution in [-0.2, 0) is 0 Å². The van der Waals surface area contributed by atoms with Crippen LogP contribution in [-0.4, -0.2) is 34.8 Å². The molecule has 0 N–H and O–H groups in total. The Morgan fingerprint density at radius 1 is 1.57 bits per heavy atom. The minimum atomic E-state index is 0.00645. The minimum Gasteiger partial charge on any atom is -0.337 e. The number of amides is 1. The van der Waals surface area contributed by atoms with Crippen molar-refractivity contribution in [2.45, 2.75) is 0 Å². The lowest BCUT2D eigenvalue weighted by molar-refractivity contribution is 0.0529. The Hall–Kier alpha value is -1.09. The summed E-state index contributed by atoms with van der Waals surface area (Å²) in [6, 6.07) is 5.35. The maximum atomic E-state index is 11.7. The quantitative estimate of drug-likeness (QED) is 0.692. The molecule has 2 heterocycles. The Balaban J connectivity index is 1.98. The number of aromatic nitrogens is 1. The van der Waals surface area contributed by atoms with Gasteiger partial charge in [0.05, 0.1) is 0 Å². The highest BCUT2D eigenvalue weighted by Crippen LogP contribution is 2.18. The van der Waals surface area contributed by atoms with E-state index in [0.717, 1.165) is 13.1 Å².